The second-order valence-electron chi connectivity index (χ2n) is 7.80. The first-order valence-electron chi connectivity index (χ1n) is 9.77. The van der Waals surface area contributed by atoms with Crippen molar-refractivity contribution in [2.45, 2.75) is 97.9 Å². The van der Waals surface area contributed by atoms with Gasteiger partial charge in [0.1, 0.15) is 0 Å². The van der Waals surface area contributed by atoms with Gasteiger partial charge in [-0.15, -0.1) is 0 Å². The summed E-state index contributed by atoms with van der Waals surface area (Å²) in [6.45, 7) is 9.46. The van der Waals surface area contributed by atoms with Gasteiger partial charge in [-0.2, -0.15) is 0 Å². The fraction of sp³-hybridized carbons (Fsp3) is 0.810. The van der Waals surface area contributed by atoms with Crippen LogP contribution in [0.15, 0.2) is 23.4 Å². The monoisotopic (exact) mass is 303 g/mol. The van der Waals surface area contributed by atoms with Gasteiger partial charge in [-0.3, -0.25) is 0 Å². The minimum Gasteiger partial charge on any atom is -0.385 e. The molecule has 1 nitrogen and oxygen atoms in total. The third-order valence-electron chi connectivity index (χ3n) is 6.03. The van der Waals surface area contributed by atoms with Crippen molar-refractivity contribution in [1.82, 2.24) is 5.32 Å². The van der Waals surface area contributed by atoms with E-state index in [0.717, 1.165) is 12.0 Å². The largest absolute Gasteiger partial charge is 0.385 e. The molecule has 0 radical (unpaired) electrons. The molecule has 0 amide bonds. The molecule has 1 aliphatic heterocycles. The topological polar surface area (TPSA) is 12.0 Å². The third kappa shape index (κ3) is 4.18. The standard InChI is InChI=1S/C21H37N/c1-5-8-9-12-15-21(4,7-3)16-20-17(6-2)18-13-10-11-14-19(18)22-20/h9,12,18-19,22H,5-8,10-11,13-16H2,1-4H3/b12-9-/t18?,19?,21-/m1/s1. The van der Waals surface area contributed by atoms with Crippen LogP contribution in [0.4, 0.5) is 0 Å². The van der Waals surface area contributed by atoms with Crippen molar-refractivity contribution in [2.24, 2.45) is 11.3 Å². The Hall–Kier alpha value is -0.720. The predicted octanol–water partition coefficient (Wildman–Crippen LogP) is 6.37. The van der Waals surface area contributed by atoms with Crippen molar-refractivity contribution >= 4 is 0 Å². The lowest BCUT2D eigenvalue weighted by molar-refractivity contribution is 0.298. The van der Waals surface area contributed by atoms with Gasteiger partial charge in [-0.1, -0.05) is 65.5 Å². The van der Waals surface area contributed by atoms with Gasteiger partial charge in [0, 0.05) is 17.7 Å². The Labute approximate surface area is 138 Å². The zero-order valence-corrected chi connectivity index (χ0v) is 15.4. The molecule has 0 spiro atoms. The molecule has 0 aromatic rings. The molecule has 0 aromatic heterocycles. The molecule has 1 saturated carbocycles. The summed E-state index contributed by atoms with van der Waals surface area (Å²) in [5.41, 5.74) is 3.80. The second-order valence-corrected chi connectivity index (χ2v) is 7.80. The number of hydrogen-bond acceptors (Lipinski definition) is 1. The highest BCUT2D eigenvalue weighted by atomic mass is 15.0. The molecule has 0 saturated heterocycles. The van der Waals surface area contributed by atoms with Gasteiger partial charge in [0.15, 0.2) is 0 Å². The number of nitrogens with one attached hydrogen (secondary N) is 1. The summed E-state index contributed by atoms with van der Waals surface area (Å²) in [6, 6.07) is 0.760. The quantitative estimate of drug-likeness (QED) is 0.514. The number of rotatable bonds is 8. The molecule has 0 aromatic carbocycles. The number of allylic oxidation sites excluding steroid dienone is 3. The lowest BCUT2D eigenvalue weighted by Crippen LogP contribution is -2.32. The van der Waals surface area contributed by atoms with E-state index in [9.17, 15) is 0 Å². The normalized spacial score (nSPS) is 27.8. The molecule has 0 bridgehead atoms. The van der Waals surface area contributed by atoms with Crippen LogP contribution in [-0.2, 0) is 0 Å². The minimum atomic E-state index is 0.417. The summed E-state index contributed by atoms with van der Waals surface area (Å²) in [7, 11) is 0. The first-order valence-corrected chi connectivity index (χ1v) is 9.77. The maximum Gasteiger partial charge on any atom is 0.0324 e. The van der Waals surface area contributed by atoms with Crippen molar-refractivity contribution in [1.29, 1.82) is 0 Å². The van der Waals surface area contributed by atoms with Crippen LogP contribution in [0.25, 0.3) is 0 Å². The van der Waals surface area contributed by atoms with E-state index in [-0.39, 0.29) is 0 Å². The van der Waals surface area contributed by atoms with Gasteiger partial charge in [0.2, 0.25) is 0 Å². The molecule has 22 heavy (non-hydrogen) atoms. The lowest BCUT2D eigenvalue weighted by atomic mass is 9.77. The van der Waals surface area contributed by atoms with Crippen molar-refractivity contribution in [3.63, 3.8) is 0 Å². The number of fused-ring (bicyclic) bond motifs is 1. The van der Waals surface area contributed by atoms with Gasteiger partial charge < -0.3 is 5.32 Å². The Morgan fingerprint density at radius 1 is 1.14 bits per heavy atom. The van der Waals surface area contributed by atoms with Crippen LogP contribution < -0.4 is 5.32 Å². The van der Waals surface area contributed by atoms with Crippen LogP contribution in [-0.4, -0.2) is 6.04 Å². The van der Waals surface area contributed by atoms with E-state index in [1.165, 1.54) is 64.2 Å². The van der Waals surface area contributed by atoms with Gasteiger partial charge >= 0.3 is 0 Å². The van der Waals surface area contributed by atoms with Crippen molar-refractivity contribution in [3.05, 3.63) is 23.4 Å². The fourth-order valence-electron chi connectivity index (χ4n) is 4.32. The average molecular weight is 304 g/mol. The summed E-state index contributed by atoms with van der Waals surface area (Å²) in [4.78, 5) is 0. The molecule has 3 atom stereocenters. The number of hydrogen-bond donors (Lipinski definition) is 1. The van der Waals surface area contributed by atoms with E-state index < -0.39 is 0 Å². The van der Waals surface area contributed by atoms with E-state index in [2.05, 4.69) is 45.2 Å². The van der Waals surface area contributed by atoms with Gasteiger partial charge in [-0.25, -0.2) is 0 Å². The molecule has 1 N–H and O–H groups in total. The molecule has 1 fully saturated rings. The van der Waals surface area contributed by atoms with Crippen LogP contribution >= 0.6 is 0 Å². The molecular weight excluding hydrogens is 266 g/mol. The van der Waals surface area contributed by atoms with E-state index in [1.807, 2.05) is 0 Å². The minimum absolute atomic E-state index is 0.417. The van der Waals surface area contributed by atoms with Crippen LogP contribution in [0.3, 0.4) is 0 Å². The van der Waals surface area contributed by atoms with Gasteiger partial charge in [0.25, 0.3) is 0 Å². The molecule has 126 valence electrons. The Kier molecular flexibility index (Phi) is 6.59. The third-order valence-corrected chi connectivity index (χ3v) is 6.03. The van der Waals surface area contributed by atoms with E-state index >= 15 is 0 Å². The second kappa shape index (κ2) is 8.22. The Bertz CT molecular complexity index is 406. The van der Waals surface area contributed by atoms with Crippen LogP contribution in [0.1, 0.15) is 91.9 Å². The van der Waals surface area contributed by atoms with E-state index in [1.54, 1.807) is 11.3 Å². The highest BCUT2D eigenvalue weighted by Crippen LogP contribution is 2.43. The van der Waals surface area contributed by atoms with Crippen LogP contribution in [0, 0.1) is 11.3 Å². The Morgan fingerprint density at radius 2 is 1.91 bits per heavy atom. The maximum atomic E-state index is 3.94. The molecular formula is C21H37N. The zero-order chi connectivity index (χ0) is 16.0. The zero-order valence-electron chi connectivity index (χ0n) is 15.4. The molecule has 1 aliphatic carbocycles. The average Bonchev–Trinajstić information content (AvgIpc) is 2.88. The molecule has 1 heterocycles. The van der Waals surface area contributed by atoms with Crippen molar-refractivity contribution in [3.8, 4) is 0 Å². The Morgan fingerprint density at radius 3 is 2.59 bits per heavy atom. The smallest absolute Gasteiger partial charge is 0.0324 e. The Balaban J connectivity index is 2.05. The highest BCUT2D eigenvalue weighted by Gasteiger charge is 2.36. The van der Waals surface area contributed by atoms with Gasteiger partial charge in [-0.05, 0) is 49.5 Å². The summed E-state index contributed by atoms with van der Waals surface area (Å²) < 4.78 is 0. The first-order chi connectivity index (χ1) is 10.6. The lowest BCUT2D eigenvalue weighted by Gasteiger charge is -2.29. The number of unbranched alkanes of at least 4 members (excludes halogenated alkanes) is 1. The summed E-state index contributed by atoms with van der Waals surface area (Å²) in [6.07, 6.45) is 17.9. The molecule has 2 unspecified atom stereocenters. The summed E-state index contributed by atoms with van der Waals surface area (Å²) in [5, 5.41) is 3.94. The molecule has 2 rings (SSSR count). The van der Waals surface area contributed by atoms with E-state index in [0.29, 0.717) is 5.41 Å². The van der Waals surface area contributed by atoms with Crippen LogP contribution in [0.5, 0.6) is 0 Å². The van der Waals surface area contributed by atoms with Crippen LogP contribution in [0.2, 0.25) is 0 Å². The highest BCUT2D eigenvalue weighted by molar-refractivity contribution is 5.26. The van der Waals surface area contributed by atoms with Crippen molar-refractivity contribution < 1.29 is 0 Å². The molecule has 2 aliphatic rings. The first kappa shape index (κ1) is 17.6. The van der Waals surface area contributed by atoms with E-state index in [4.69, 9.17) is 0 Å². The van der Waals surface area contributed by atoms with Gasteiger partial charge in [0.05, 0.1) is 0 Å². The van der Waals surface area contributed by atoms with Crippen molar-refractivity contribution in [2.75, 3.05) is 0 Å². The SMILES string of the molecule is CCC/C=C\C[C@@](C)(CC)CC1=C(CC)C2CCCCC2N1. The maximum absolute atomic E-state index is 3.94. The fourth-order valence-corrected chi connectivity index (χ4v) is 4.32. The predicted molar refractivity (Wildman–Crippen MR) is 97.9 cm³/mol. The summed E-state index contributed by atoms with van der Waals surface area (Å²) >= 11 is 0. The summed E-state index contributed by atoms with van der Waals surface area (Å²) in [5.74, 6) is 0.852. The molecule has 1 heteroatoms.